The highest BCUT2D eigenvalue weighted by Crippen LogP contribution is 2.35. The highest BCUT2D eigenvalue weighted by atomic mass is 35.5. The molecule has 1 aliphatic carbocycles. The van der Waals surface area contributed by atoms with E-state index < -0.39 is 0 Å². The number of pyridine rings is 1. The first-order valence-electron chi connectivity index (χ1n) is 11.6. The highest BCUT2D eigenvalue weighted by molar-refractivity contribution is 6.31. The van der Waals surface area contributed by atoms with Crippen molar-refractivity contribution in [1.29, 1.82) is 0 Å². The number of hydrogen-bond donors (Lipinski definition) is 2. The first kappa shape index (κ1) is 21.6. The molecule has 0 spiro atoms. The lowest BCUT2D eigenvalue weighted by Crippen LogP contribution is -2.53. The normalized spacial score (nSPS) is 22.5. The van der Waals surface area contributed by atoms with E-state index in [0.29, 0.717) is 28.8 Å². The zero-order valence-electron chi connectivity index (χ0n) is 18.4. The summed E-state index contributed by atoms with van der Waals surface area (Å²) in [6.45, 7) is 3.54. The third-order valence-electron chi connectivity index (χ3n) is 6.84. The van der Waals surface area contributed by atoms with Gasteiger partial charge in [-0.2, -0.15) is 4.98 Å². The number of benzene rings is 1. The molecule has 3 heterocycles. The van der Waals surface area contributed by atoms with E-state index in [9.17, 15) is 5.11 Å². The molecule has 1 saturated carbocycles. The van der Waals surface area contributed by atoms with Crippen molar-refractivity contribution in [3.63, 3.8) is 0 Å². The molecule has 1 saturated heterocycles. The van der Waals surface area contributed by atoms with Gasteiger partial charge in [0.2, 0.25) is 0 Å². The van der Waals surface area contributed by atoms with E-state index >= 15 is 0 Å². The summed E-state index contributed by atoms with van der Waals surface area (Å²) in [5.41, 5.74) is 1.67. The lowest BCUT2D eigenvalue weighted by Gasteiger charge is -2.41. The number of hydrogen-bond acceptors (Lipinski definition) is 7. The Morgan fingerprint density at radius 3 is 2.75 bits per heavy atom. The Balaban J connectivity index is 1.45. The minimum absolute atomic E-state index is 0.144. The SMILES string of the molecule is Cc1noc(-c2cc3cc(Cl)ccc3nc2N2CCC(NC3CCCCC3)C(CO)C2)n1. The molecule has 2 atom stereocenters. The van der Waals surface area contributed by atoms with E-state index in [4.69, 9.17) is 21.1 Å². The van der Waals surface area contributed by atoms with Gasteiger partial charge >= 0.3 is 0 Å². The van der Waals surface area contributed by atoms with Gasteiger partial charge in [-0.05, 0) is 50.5 Å². The first-order chi connectivity index (χ1) is 15.6. The predicted octanol–water partition coefficient (Wildman–Crippen LogP) is 4.36. The van der Waals surface area contributed by atoms with Gasteiger partial charge < -0.3 is 19.8 Å². The van der Waals surface area contributed by atoms with Gasteiger partial charge in [-0.15, -0.1) is 0 Å². The van der Waals surface area contributed by atoms with Crippen LogP contribution < -0.4 is 10.2 Å². The van der Waals surface area contributed by atoms with Crippen LogP contribution >= 0.6 is 11.6 Å². The van der Waals surface area contributed by atoms with Gasteiger partial charge in [0.05, 0.1) is 11.1 Å². The van der Waals surface area contributed by atoms with Crippen molar-refractivity contribution in [3.05, 3.63) is 35.1 Å². The molecule has 170 valence electrons. The van der Waals surface area contributed by atoms with Crippen molar-refractivity contribution in [2.24, 2.45) is 5.92 Å². The average Bonchev–Trinajstić information content (AvgIpc) is 3.25. The molecule has 1 aromatic carbocycles. The van der Waals surface area contributed by atoms with Crippen molar-refractivity contribution in [3.8, 4) is 11.5 Å². The standard InChI is InChI=1S/C24H30ClN5O2/c1-15-26-24(32-29-15)20-12-16-11-18(25)7-8-21(16)28-23(20)30-10-9-22(17(13-30)14-31)27-19-5-3-2-4-6-19/h7-8,11-12,17,19,22,27,31H,2-6,9-10,13-14H2,1H3. The quantitative estimate of drug-likeness (QED) is 0.591. The number of nitrogens with one attached hydrogen (secondary N) is 1. The van der Waals surface area contributed by atoms with Gasteiger partial charge in [0, 0.05) is 48.1 Å². The van der Waals surface area contributed by atoms with E-state index in [1.807, 2.05) is 31.2 Å². The molecule has 2 aromatic heterocycles. The molecule has 2 aliphatic rings. The second-order valence-corrected chi connectivity index (χ2v) is 9.57. The van der Waals surface area contributed by atoms with Crippen LogP contribution in [0.15, 0.2) is 28.8 Å². The maximum atomic E-state index is 10.2. The smallest absolute Gasteiger partial charge is 0.261 e. The molecular weight excluding hydrogens is 426 g/mol. The number of halogens is 1. The number of fused-ring (bicyclic) bond motifs is 1. The average molecular weight is 456 g/mol. The second-order valence-electron chi connectivity index (χ2n) is 9.13. The highest BCUT2D eigenvalue weighted by Gasteiger charge is 2.33. The van der Waals surface area contributed by atoms with Gasteiger partial charge in [-0.25, -0.2) is 4.98 Å². The van der Waals surface area contributed by atoms with Crippen LogP contribution in [0.1, 0.15) is 44.3 Å². The molecule has 0 radical (unpaired) electrons. The number of rotatable bonds is 5. The molecule has 2 N–H and O–H groups in total. The van der Waals surface area contributed by atoms with E-state index in [0.717, 1.165) is 41.8 Å². The predicted molar refractivity (Wildman–Crippen MR) is 126 cm³/mol. The Bertz CT molecular complexity index is 1080. The van der Waals surface area contributed by atoms with Crippen LogP contribution in [0.25, 0.3) is 22.4 Å². The van der Waals surface area contributed by atoms with Gasteiger partial charge in [0.1, 0.15) is 5.82 Å². The fraction of sp³-hybridized carbons (Fsp3) is 0.542. The van der Waals surface area contributed by atoms with Crippen molar-refractivity contribution < 1.29 is 9.63 Å². The fourth-order valence-electron chi connectivity index (χ4n) is 5.14. The lowest BCUT2D eigenvalue weighted by molar-refractivity contribution is 0.160. The summed E-state index contributed by atoms with van der Waals surface area (Å²) in [5, 5.41) is 19.6. The molecule has 8 heteroatoms. The number of aryl methyl sites for hydroxylation is 1. The Morgan fingerprint density at radius 1 is 1.16 bits per heavy atom. The molecule has 32 heavy (non-hydrogen) atoms. The Hall–Kier alpha value is -2.22. The zero-order valence-corrected chi connectivity index (χ0v) is 19.2. The monoisotopic (exact) mass is 455 g/mol. The summed E-state index contributed by atoms with van der Waals surface area (Å²) in [7, 11) is 0. The van der Waals surface area contributed by atoms with Gasteiger partial charge in [-0.1, -0.05) is 36.0 Å². The van der Waals surface area contributed by atoms with E-state index in [-0.39, 0.29) is 12.5 Å². The van der Waals surface area contributed by atoms with Crippen LogP contribution in [-0.4, -0.2) is 52.0 Å². The van der Waals surface area contributed by atoms with Crippen LogP contribution in [0, 0.1) is 12.8 Å². The number of piperidine rings is 1. The number of aliphatic hydroxyl groups excluding tert-OH is 1. The maximum Gasteiger partial charge on any atom is 0.261 e. The van der Waals surface area contributed by atoms with Crippen LogP contribution in [-0.2, 0) is 0 Å². The molecule has 1 aliphatic heterocycles. The summed E-state index contributed by atoms with van der Waals surface area (Å²) >= 11 is 6.22. The summed E-state index contributed by atoms with van der Waals surface area (Å²) in [4.78, 5) is 11.7. The Labute approximate surface area is 193 Å². The van der Waals surface area contributed by atoms with E-state index in [1.165, 1.54) is 32.1 Å². The van der Waals surface area contributed by atoms with Crippen molar-refractivity contribution in [2.45, 2.75) is 57.5 Å². The van der Waals surface area contributed by atoms with Gasteiger partial charge in [-0.3, -0.25) is 0 Å². The van der Waals surface area contributed by atoms with E-state index in [2.05, 4.69) is 20.4 Å². The topological polar surface area (TPSA) is 87.3 Å². The first-order valence-corrected chi connectivity index (χ1v) is 12.0. The molecule has 2 fully saturated rings. The number of aliphatic hydroxyl groups is 1. The minimum Gasteiger partial charge on any atom is -0.396 e. The Morgan fingerprint density at radius 2 is 2.00 bits per heavy atom. The number of aromatic nitrogens is 3. The van der Waals surface area contributed by atoms with Crippen molar-refractivity contribution in [2.75, 3.05) is 24.6 Å². The molecule has 5 rings (SSSR count). The summed E-state index contributed by atoms with van der Waals surface area (Å²) in [6.07, 6.45) is 7.40. The largest absolute Gasteiger partial charge is 0.396 e. The lowest BCUT2D eigenvalue weighted by atomic mass is 9.89. The van der Waals surface area contributed by atoms with Crippen molar-refractivity contribution in [1.82, 2.24) is 20.4 Å². The van der Waals surface area contributed by atoms with Crippen LogP contribution in [0.3, 0.4) is 0 Å². The van der Waals surface area contributed by atoms with Gasteiger partial charge in [0.15, 0.2) is 5.82 Å². The van der Waals surface area contributed by atoms with Crippen LogP contribution in [0.4, 0.5) is 5.82 Å². The van der Waals surface area contributed by atoms with Crippen LogP contribution in [0.5, 0.6) is 0 Å². The number of nitrogens with zero attached hydrogens (tertiary/aromatic N) is 4. The van der Waals surface area contributed by atoms with Crippen LogP contribution in [0.2, 0.25) is 5.02 Å². The summed E-state index contributed by atoms with van der Waals surface area (Å²) in [5.74, 6) is 2.00. The molecular formula is C24H30ClN5O2. The molecule has 0 bridgehead atoms. The Kier molecular flexibility index (Phi) is 6.31. The molecule has 2 unspecified atom stereocenters. The minimum atomic E-state index is 0.144. The maximum absolute atomic E-state index is 10.2. The zero-order chi connectivity index (χ0) is 22.1. The summed E-state index contributed by atoms with van der Waals surface area (Å²) in [6, 6.07) is 8.62. The number of anilines is 1. The van der Waals surface area contributed by atoms with E-state index in [1.54, 1.807) is 0 Å². The summed E-state index contributed by atoms with van der Waals surface area (Å²) < 4.78 is 5.51. The molecule has 3 aromatic rings. The van der Waals surface area contributed by atoms with Gasteiger partial charge in [0.25, 0.3) is 5.89 Å². The third-order valence-corrected chi connectivity index (χ3v) is 7.07. The van der Waals surface area contributed by atoms with Crippen molar-refractivity contribution >= 4 is 28.3 Å². The second kappa shape index (κ2) is 9.33. The third kappa shape index (κ3) is 4.47. The molecule has 7 nitrogen and oxygen atoms in total. The molecule has 0 amide bonds. The fourth-order valence-corrected chi connectivity index (χ4v) is 5.32.